The highest BCUT2D eigenvalue weighted by Crippen LogP contribution is 2.35. The number of ether oxygens (including phenoxy) is 1. The van der Waals surface area contributed by atoms with Gasteiger partial charge in [-0.3, -0.25) is 4.79 Å². The normalized spacial score (nSPS) is 16.9. The highest BCUT2D eigenvalue weighted by Gasteiger charge is 2.21. The van der Waals surface area contributed by atoms with E-state index in [1.54, 1.807) is 6.07 Å². The average molecular weight is 525 g/mol. The second-order valence-corrected chi connectivity index (χ2v) is 8.97. The molecule has 2 aromatic carbocycles. The minimum atomic E-state index is -0.423. The third-order valence-electron chi connectivity index (χ3n) is 4.81. The topological polar surface area (TPSA) is 56.2 Å². The van der Waals surface area contributed by atoms with Gasteiger partial charge in [0.25, 0.3) is 5.91 Å². The van der Waals surface area contributed by atoms with Crippen LogP contribution >= 0.6 is 34.4 Å². The highest BCUT2D eigenvalue weighted by atomic mass is 127. The van der Waals surface area contributed by atoms with Gasteiger partial charge < -0.3 is 10.1 Å². The van der Waals surface area contributed by atoms with Crippen LogP contribution in [0.15, 0.2) is 46.2 Å². The summed E-state index contributed by atoms with van der Waals surface area (Å²) >= 11 is 3.69. The highest BCUT2D eigenvalue weighted by molar-refractivity contribution is 14.1. The maximum atomic E-state index is 13.7. The molecule has 0 aliphatic carbocycles. The van der Waals surface area contributed by atoms with E-state index in [1.165, 1.54) is 23.9 Å². The maximum absolute atomic E-state index is 13.7. The van der Waals surface area contributed by atoms with Crippen molar-refractivity contribution in [1.82, 2.24) is 15.1 Å². The third-order valence-corrected chi connectivity index (χ3v) is 6.68. The molecule has 1 atom stereocenters. The van der Waals surface area contributed by atoms with Crippen molar-refractivity contribution in [3.05, 3.63) is 51.5 Å². The number of carbonyl (C=O) groups excluding carboxylic acids is 1. The van der Waals surface area contributed by atoms with Gasteiger partial charge in [0, 0.05) is 28.3 Å². The van der Waals surface area contributed by atoms with E-state index in [0.717, 1.165) is 45.4 Å². The van der Waals surface area contributed by atoms with Gasteiger partial charge >= 0.3 is 0 Å². The van der Waals surface area contributed by atoms with Gasteiger partial charge in [0.15, 0.2) is 6.23 Å². The van der Waals surface area contributed by atoms with Crippen LogP contribution in [0.2, 0.25) is 0 Å². The first-order chi connectivity index (χ1) is 14.1. The molecule has 152 valence electrons. The van der Waals surface area contributed by atoms with Gasteiger partial charge in [-0.15, -0.1) is 0 Å². The van der Waals surface area contributed by atoms with Crippen molar-refractivity contribution >= 4 is 51.2 Å². The van der Waals surface area contributed by atoms with E-state index in [0.29, 0.717) is 17.0 Å². The van der Waals surface area contributed by atoms with Gasteiger partial charge in [-0.05, 0) is 85.2 Å². The van der Waals surface area contributed by atoms with Crippen molar-refractivity contribution in [2.24, 2.45) is 0 Å². The van der Waals surface area contributed by atoms with E-state index in [-0.39, 0.29) is 12.1 Å². The fourth-order valence-corrected chi connectivity index (χ4v) is 5.08. The fourth-order valence-electron chi connectivity index (χ4n) is 3.43. The summed E-state index contributed by atoms with van der Waals surface area (Å²) in [6.07, 6.45) is 3.11. The van der Waals surface area contributed by atoms with E-state index in [2.05, 4.69) is 34.0 Å². The molecule has 1 aliphatic rings. The Morgan fingerprint density at radius 3 is 2.97 bits per heavy atom. The summed E-state index contributed by atoms with van der Waals surface area (Å²) in [5, 5.41) is 8.52. The van der Waals surface area contributed by atoms with Crippen LogP contribution in [0.4, 0.5) is 4.39 Å². The monoisotopic (exact) mass is 525 g/mol. The zero-order chi connectivity index (χ0) is 20.4. The van der Waals surface area contributed by atoms with Crippen molar-refractivity contribution in [2.45, 2.75) is 42.2 Å². The molecule has 0 radical (unpaired) electrons. The Labute approximate surface area is 186 Å². The first kappa shape index (κ1) is 20.6. The quantitative estimate of drug-likeness (QED) is 0.455. The first-order valence-corrected chi connectivity index (χ1v) is 11.5. The summed E-state index contributed by atoms with van der Waals surface area (Å²) in [6.45, 7) is 3.08. The smallest absolute Gasteiger partial charge is 0.252 e. The van der Waals surface area contributed by atoms with Crippen LogP contribution in [0.5, 0.6) is 0 Å². The van der Waals surface area contributed by atoms with Crippen molar-refractivity contribution < 1.29 is 13.9 Å². The van der Waals surface area contributed by atoms with E-state index < -0.39 is 5.82 Å². The van der Waals surface area contributed by atoms with Gasteiger partial charge in [-0.1, -0.05) is 11.8 Å². The van der Waals surface area contributed by atoms with E-state index in [4.69, 9.17) is 9.84 Å². The van der Waals surface area contributed by atoms with Gasteiger partial charge in [0.2, 0.25) is 0 Å². The molecule has 1 unspecified atom stereocenters. The average Bonchev–Trinajstić information content (AvgIpc) is 3.06. The fraction of sp³-hybridized carbons (Fsp3) is 0.333. The Balaban J connectivity index is 1.70. The summed E-state index contributed by atoms with van der Waals surface area (Å²) in [5.74, 6) is -0.695. The van der Waals surface area contributed by atoms with Crippen molar-refractivity contribution in [2.75, 3.05) is 13.2 Å². The second-order valence-electron chi connectivity index (χ2n) is 6.84. The predicted octanol–water partition coefficient (Wildman–Crippen LogP) is 5.38. The summed E-state index contributed by atoms with van der Waals surface area (Å²) < 4.78 is 22.6. The molecule has 0 bridgehead atoms. The lowest BCUT2D eigenvalue weighted by atomic mass is 10.2. The Morgan fingerprint density at radius 2 is 2.21 bits per heavy atom. The molecular weight excluding hydrogens is 504 g/mol. The Morgan fingerprint density at radius 1 is 1.34 bits per heavy atom. The van der Waals surface area contributed by atoms with Crippen LogP contribution in [0, 0.1) is 9.52 Å². The molecule has 0 spiro atoms. The van der Waals surface area contributed by atoms with E-state index in [9.17, 15) is 9.18 Å². The number of nitrogens with zero attached hydrogens (tertiary/aromatic N) is 2. The summed E-state index contributed by atoms with van der Waals surface area (Å²) in [7, 11) is 0. The van der Waals surface area contributed by atoms with Crippen LogP contribution in [0.3, 0.4) is 0 Å². The molecule has 1 saturated heterocycles. The zero-order valence-electron chi connectivity index (χ0n) is 16.0. The number of hydrogen-bond acceptors (Lipinski definition) is 4. The molecule has 0 saturated carbocycles. The lowest BCUT2D eigenvalue weighted by Crippen LogP contribution is -2.23. The molecular formula is C21H21FIN3O2S. The number of fused-ring (bicyclic) bond motifs is 1. The second kappa shape index (κ2) is 9.01. The summed E-state index contributed by atoms with van der Waals surface area (Å²) in [6, 6.07) is 10.4. The predicted molar refractivity (Wildman–Crippen MR) is 120 cm³/mol. The molecule has 2 heterocycles. The van der Waals surface area contributed by atoms with Crippen LogP contribution < -0.4 is 5.32 Å². The number of benzene rings is 2. The lowest BCUT2D eigenvalue weighted by Gasteiger charge is -2.23. The standard InChI is InChI=1S/C21H21FIN3O2S/c1-2-24-21(27)16-11-13(22)6-9-18(16)29-14-7-8-15-17(12-14)26(25-20(15)23)19-5-3-4-10-28-19/h6-9,11-12,19H,2-5,10H2,1H3,(H,24,27). The van der Waals surface area contributed by atoms with Crippen molar-refractivity contribution in [3.63, 3.8) is 0 Å². The minimum Gasteiger partial charge on any atom is -0.356 e. The molecule has 1 N–H and O–H groups in total. The first-order valence-electron chi connectivity index (χ1n) is 9.62. The SMILES string of the molecule is CCNC(=O)c1cc(F)ccc1Sc1ccc2c(I)nn(C3CCCCO3)c2c1. The molecule has 1 fully saturated rings. The summed E-state index contributed by atoms with van der Waals surface area (Å²) in [4.78, 5) is 14.0. The largest absolute Gasteiger partial charge is 0.356 e. The van der Waals surface area contributed by atoms with E-state index >= 15 is 0 Å². The number of amides is 1. The Hall–Kier alpha value is -1.65. The molecule has 8 heteroatoms. The van der Waals surface area contributed by atoms with Crippen LogP contribution in [-0.2, 0) is 4.74 Å². The van der Waals surface area contributed by atoms with Gasteiger partial charge in [-0.2, -0.15) is 5.10 Å². The van der Waals surface area contributed by atoms with Gasteiger partial charge in [0.1, 0.15) is 9.52 Å². The molecule has 1 aliphatic heterocycles. The number of hydrogen-bond donors (Lipinski definition) is 1. The number of halogens is 2. The van der Waals surface area contributed by atoms with E-state index in [1.807, 2.05) is 23.7 Å². The van der Waals surface area contributed by atoms with Gasteiger partial charge in [-0.25, -0.2) is 9.07 Å². The number of aromatic nitrogens is 2. The lowest BCUT2D eigenvalue weighted by molar-refractivity contribution is -0.0368. The summed E-state index contributed by atoms with van der Waals surface area (Å²) in [5.41, 5.74) is 1.35. The van der Waals surface area contributed by atoms with Crippen molar-refractivity contribution in [3.8, 4) is 0 Å². The molecule has 29 heavy (non-hydrogen) atoms. The number of nitrogens with one attached hydrogen (secondary N) is 1. The number of rotatable bonds is 5. The molecule has 1 amide bonds. The Bertz CT molecular complexity index is 1050. The zero-order valence-corrected chi connectivity index (χ0v) is 18.9. The molecule has 3 aromatic rings. The molecule has 4 rings (SSSR count). The number of carbonyl (C=O) groups is 1. The third kappa shape index (κ3) is 4.44. The molecule has 5 nitrogen and oxygen atoms in total. The molecule has 1 aromatic heterocycles. The van der Waals surface area contributed by atoms with Crippen LogP contribution in [-0.4, -0.2) is 28.8 Å². The minimum absolute atomic E-state index is 0.0493. The maximum Gasteiger partial charge on any atom is 0.252 e. The van der Waals surface area contributed by atoms with Crippen molar-refractivity contribution in [1.29, 1.82) is 0 Å². The van der Waals surface area contributed by atoms with Crippen LogP contribution in [0.25, 0.3) is 10.9 Å². The van der Waals surface area contributed by atoms with Gasteiger partial charge in [0.05, 0.1) is 11.1 Å². The van der Waals surface area contributed by atoms with Crippen LogP contribution in [0.1, 0.15) is 42.8 Å². The Kier molecular flexibility index (Phi) is 6.41.